The van der Waals surface area contributed by atoms with Crippen LogP contribution in [-0.4, -0.2) is 46.9 Å². The molecule has 0 unspecified atom stereocenters. The number of amides is 1. The van der Waals surface area contributed by atoms with Gasteiger partial charge in [-0.3, -0.25) is 9.69 Å². The third-order valence-corrected chi connectivity index (χ3v) is 6.36. The number of oxazole rings is 1. The Morgan fingerprint density at radius 2 is 1.75 bits per heavy atom. The molecule has 168 valence electrons. The molecule has 3 aromatic rings. The number of hydrogen-bond donors (Lipinski definition) is 0. The molecule has 0 atom stereocenters. The number of carbonyl (C=O) groups is 1. The van der Waals surface area contributed by atoms with Crippen molar-refractivity contribution in [1.29, 1.82) is 0 Å². The van der Waals surface area contributed by atoms with Gasteiger partial charge >= 0.3 is 0 Å². The number of carbonyl (C=O) groups excluding carboxylic acids is 1. The van der Waals surface area contributed by atoms with Crippen molar-refractivity contribution in [3.05, 3.63) is 75.2 Å². The van der Waals surface area contributed by atoms with Crippen molar-refractivity contribution in [2.75, 3.05) is 26.2 Å². The average Bonchev–Trinajstić information content (AvgIpc) is 3.11. The van der Waals surface area contributed by atoms with E-state index in [0.29, 0.717) is 34.5 Å². The van der Waals surface area contributed by atoms with Crippen molar-refractivity contribution in [3.8, 4) is 11.3 Å². The van der Waals surface area contributed by atoms with Crippen LogP contribution < -0.4 is 0 Å². The first kappa shape index (κ1) is 23.1. The van der Waals surface area contributed by atoms with Gasteiger partial charge in [0.15, 0.2) is 11.7 Å². The fourth-order valence-corrected chi connectivity index (χ4v) is 4.47. The summed E-state index contributed by atoms with van der Waals surface area (Å²) in [4.78, 5) is 21.4. The highest BCUT2D eigenvalue weighted by atomic mass is 35.5. The lowest BCUT2D eigenvalue weighted by molar-refractivity contribution is -0.131. The fourth-order valence-electron chi connectivity index (χ4n) is 3.84. The van der Waals surface area contributed by atoms with Crippen molar-refractivity contribution < 1.29 is 9.21 Å². The normalized spacial score (nSPS) is 15.0. The number of rotatable bonds is 6. The van der Waals surface area contributed by atoms with Gasteiger partial charge < -0.3 is 9.32 Å². The highest BCUT2D eigenvalue weighted by molar-refractivity contribution is 6.36. The summed E-state index contributed by atoms with van der Waals surface area (Å²) in [5, 5.41) is 1.81. The molecule has 8 heteroatoms. The van der Waals surface area contributed by atoms with Crippen molar-refractivity contribution in [2.45, 2.75) is 25.8 Å². The Hall–Kier alpha value is -2.05. The Labute approximate surface area is 202 Å². The van der Waals surface area contributed by atoms with Crippen molar-refractivity contribution in [3.63, 3.8) is 0 Å². The molecule has 5 nitrogen and oxygen atoms in total. The van der Waals surface area contributed by atoms with Crippen LogP contribution in [0.2, 0.25) is 15.1 Å². The Morgan fingerprint density at radius 1 is 0.969 bits per heavy atom. The zero-order chi connectivity index (χ0) is 22.5. The van der Waals surface area contributed by atoms with Crippen LogP contribution in [0.25, 0.3) is 11.3 Å². The zero-order valence-electron chi connectivity index (χ0n) is 17.6. The SMILES string of the molecule is O=C(CCc1ncc(-c2ccc(Cl)cc2Cl)o1)N1CCCN(Cc2ccc(Cl)cc2)CC1. The van der Waals surface area contributed by atoms with Crippen LogP contribution in [0.4, 0.5) is 0 Å². The first-order valence-corrected chi connectivity index (χ1v) is 11.8. The van der Waals surface area contributed by atoms with Gasteiger partial charge in [0.1, 0.15) is 0 Å². The van der Waals surface area contributed by atoms with E-state index in [-0.39, 0.29) is 5.91 Å². The largest absolute Gasteiger partial charge is 0.441 e. The summed E-state index contributed by atoms with van der Waals surface area (Å²) in [5.74, 6) is 1.22. The van der Waals surface area contributed by atoms with Crippen LogP contribution in [0.3, 0.4) is 0 Å². The Bertz CT molecular complexity index is 1070. The topological polar surface area (TPSA) is 49.6 Å². The molecule has 32 heavy (non-hydrogen) atoms. The molecule has 1 saturated heterocycles. The Balaban J connectivity index is 1.28. The number of nitrogens with zero attached hydrogens (tertiary/aromatic N) is 3. The molecule has 0 bridgehead atoms. The summed E-state index contributed by atoms with van der Waals surface area (Å²) in [6.07, 6.45) is 3.41. The predicted octanol–water partition coefficient (Wildman–Crippen LogP) is 5.97. The minimum Gasteiger partial charge on any atom is -0.441 e. The Morgan fingerprint density at radius 3 is 2.53 bits per heavy atom. The summed E-state index contributed by atoms with van der Waals surface area (Å²) in [5.41, 5.74) is 1.96. The lowest BCUT2D eigenvalue weighted by Gasteiger charge is -2.22. The predicted molar refractivity (Wildman–Crippen MR) is 128 cm³/mol. The van der Waals surface area contributed by atoms with E-state index in [1.54, 1.807) is 24.4 Å². The van der Waals surface area contributed by atoms with Crippen molar-refractivity contribution in [1.82, 2.24) is 14.8 Å². The molecule has 1 aromatic heterocycles. The van der Waals surface area contributed by atoms with Gasteiger partial charge in [0.25, 0.3) is 0 Å². The molecule has 2 aromatic carbocycles. The lowest BCUT2D eigenvalue weighted by Crippen LogP contribution is -2.35. The maximum Gasteiger partial charge on any atom is 0.223 e. The van der Waals surface area contributed by atoms with Gasteiger partial charge in [-0.25, -0.2) is 4.98 Å². The molecule has 0 saturated carbocycles. The quantitative estimate of drug-likeness (QED) is 0.425. The van der Waals surface area contributed by atoms with E-state index in [4.69, 9.17) is 39.2 Å². The molecule has 0 spiro atoms. The molecule has 1 aliphatic heterocycles. The van der Waals surface area contributed by atoms with Crippen LogP contribution in [0.5, 0.6) is 0 Å². The van der Waals surface area contributed by atoms with Crippen LogP contribution in [0.1, 0.15) is 24.3 Å². The zero-order valence-corrected chi connectivity index (χ0v) is 19.8. The van der Waals surface area contributed by atoms with Gasteiger partial charge in [-0.1, -0.05) is 46.9 Å². The summed E-state index contributed by atoms with van der Waals surface area (Å²) in [6.45, 7) is 4.19. The molecule has 1 aliphatic rings. The van der Waals surface area contributed by atoms with Gasteiger partial charge in [-0.15, -0.1) is 0 Å². The molecule has 4 rings (SSSR count). The van der Waals surface area contributed by atoms with Crippen LogP contribution in [0.15, 0.2) is 53.1 Å². The fraction of sp³-hybridized carbons (Fsp3) is 0.333. The number of aromatic nitrogens is 1. The van der Waals surface area contributed by atoms with Gasteiger partial charge in [-0.05, 0) is 42.3 Å². The number of halogens is 3. The molecular formula is C24H24Cl3N3O2. The van der Waals surface area contributed by atoms with Crippen LogP contribution in [0, 0.1) is 0 Å². The summed E-state index contributed by atoms with van der Waals surface area (Å²) >= 11 is 18.2. The third kappa shape index (κ3) is 6.04. The molecule has 0 aliphatic carbocycles. The van der Waals surface area contributed by atoms with Gasteiger partial charge in [-0.2, -0.15) is 0 Å². The maximum atomic E-state index is 12.8. The summed E-state index contributed by atoms with van der Waals surface area (Å²) in [6, 6.07) is 13.2. The van der Waals surface area contributed by atoms with E-state index in [1.807, 2.05) is 17.0 Å². The van der Waals surface area contributed by atoms with E-state index in [2.05, 4.69) is 22.0 Å². The minimum atomic E-state index is 0.127. The second kappa shape index (κ2) is 10.7. The van der Waals surface area contributed by atoms with E-state index >= 15 is 0 Å². The van der Waals surface area contributed by atoms with E-state index in [9.17, 15) is 4.79 Å². The number of hydrogen-bond acceptors (Lipinski definition) is 4. The maximum absolute atomic E-state index is 12.8. The van der Waals surface area contributed by atoms with Crippen LogP contribution >= 0.6 is 34.8 Å². The smallest absolute Gasteiger partial charge is 0.223 e. The average molecular weight is 493 g/mol. The monoisotopic (exact) mass is 491 g/mol. The van der Waals surface area contributed by atoms with Gasteiger partial charge in [0.05, 0.1) is 11.2 Å². The van der Waals surface area contributed by atoms with Crippen LogP contribution in [-0.2, 0) is 17.8 Å². The molecule has 0 N–H and O–H groups in total. The molecule has 0 radical (unpaired) electrons. The van der Waals surface area contributed by atoms with Crippen molar-refractivity contribution in [2.24, 2.45) is 0 Å². The summed E-state index contributed by atoms with van der Waals surface area (Å²) in [7, 11) is 0. The van der Waals surface area contributed by atoms with E-state index < -0.39 is 0 Å². The summed E-state index contributed by atoms with van der Waals surface area (Å²) < 4.78 is 5.82. The molecule has 1 amide bonds. The first-order chi connectivity index (χ1) is 15.5. The Kier molecular flexibility index (Phi) is 7.74. The second-order valence-electron chi connectivity index (χ2n) is 7.88. The highest BCUT2D eigenvalue weighted by Gasteiger charge is 2.20. The number of benzene rings is 2. The van der Waals surface area contributed by atoms with Gasteiger partial charge in [0, 0.05) is 61.2 Å². The number of aryl methyl sites for hydroxylation is 1. The third-order valence-electron chi connectivity index (χ3n) is 5.56. The van der Waals surface area contributed by atoms with E-state index in [0.717, 1.165) is 49.7 Å². The molecule has 1 fully saturated rings. The second-order valence-corrected chi connectivity index (χ2v) is 9.16. The first-order valence-electron chi connectivity index (χ1n) is 10.6. The highest BCUT2D eigenvalue weighted by Crippen LogP contribution is 2.31. The minimum absolute atomic E-state index is 0.127. The lowest BCUT2D eigenvalue weighted by atomic mass is 10.2. The standard InChI is InChI=1S/C24H24Cl3N3O2/c25-18-4-2-17(3-5-18)16-29-10-1-11-30(13-12-29)24(31)9-8-23-28-15-22(32-23)20-7-6-19(26)14-21(20)27/h2-7,14-15H,1,8-13,16H2. The van der Waals surface area contributed by atoms with E-state index in [1.165, 1.54) is 5.56 Å². The van der Waals surface area contributed by atoms with Crippen molar-refractivity contribution >= 4 is 40.7 Å². The van der Waals surface area contributed by atoms with Gasteiger partial charge in [0.2, 0.25) is 5.91 Å². The molecular weight excluding hydrogens is 469 g/mol. The molecule has 2 heterocycles.